The second-order valence-electron chi connectivity index (χ2n) is 13.4. The third-order valence-corrected chi connectivity index (χ3v) is 10.4. The van der Waals surface area contributed by atoms with Gasteiger partial charge in [0.15, 0.2) is 0 Å². The summed E-state index contributed by atoms with van der Waals surface area (Å²) in [6.07, 6.45) is 6.16. The zero-order valence-corrected chi connectivity index (χ0v) is 29.2. The van der Waals surface area contributed by atoms with E-state index in [4.69, 9.17) is 9.97 Å². The van der Waals surface area contributed by atoms with E-state index in [0.29, 0.717) is 5.95 Å². The van der Waals surface area contributed by atoms with Gasteiger partial charge in [0.1, 0.15) is 0 Å². The van der Waals surface area contributed by atoms with Crippen LogP contribution >= 0.6 is 0 Å². The minimum Gasteiger partial charge on any atom is -0.309 e. The fourth-order valence-corrected chi connectivity index (χ4v) is 7.99. The highest BCUT2D eigenvalue weighted by Gasteiger charge is 2.21. The standard InChI is InChI=1S/C49H34N4/c1-3-15-44-38(4-2)42-28-33-18-11-12-19-34(33)30-47(42)53(44)49-50-43-29-35(32-16-7-5-8-17-32)24-27-41(43)48(51-49)36-25-26-40-39-22-13-14-23-45(39)52(46(40)31-36)37-20-9-6-10-21-37/h3-31H,2H2,1H3/b15-3-. The first kappa shape index (κ1) is 30.8. The van der Waals surface area contributed by atoms with Gasteiger partial charge in [0, 0.05) is 38.4 Å². The molecule has 0 aliphatic carbocycles. The summed E-state index contributed by atoms with van der Waals surface area (Å²) in [4.78, 5) is 10.9. The van der Waals surface area contributed by atoms with Gasteiger partial charge >= 0.3 is 0 Å². The van der Waals surface area contributed by atoms with Crippen LogP contribution in [0, 0.1) is 0 Å². The molecule has 53 heavy (non-hydrogen) atoms. The summed E-state index contributed by atoms with van der Waals surface area (Å²) in [6, 6.07) is 56.0. The molecule has 0 unspecified atom stereocenters. The number of nitrogens with zero attached hydrogens (tertiary/aromatic N) is 4. The van der Waals surface area contributed by atoms with Crippen molar-refractivity contribution in [3.63, 3.8) is 0 Å². The summed E-state index contributed by atoms with van der Waals surface area (Å²) in [5, 5.41) is 6.87. The maximum atomic E-state index is 5.50. The van der Waals surface area contributed by atoms with Crippen molar-refractivity contribution in [2.45, 2.75) is 6.92 Å². The van der Waals surface area contributed by atoms with Gasteiger partial charge < -0.3 is 4.57 Å². The molecule has 250 valence electrons. The van der Waals surface area contributed by atoms with Crippen molar-refractivity contribution in [3.05, 3.63) is 182 Å². The number of allylic oxidation sites excluding steroid dienone is 1. The van der Waals surface area contributed by atoms with Gasteiger partial charge in [-0.05, 0) is 83.4 Å². The maximum Gasteiger partial charge on any atom is 0.235 e. The lowest BCUT2D eigenvalue weighted by Crippen LogP contribution is -2.05. The first-order valence-corrected chi connectivity index (χ1v) is 18.0. The van der Waals surface area contributed by atoms with Crippen LogP contribution in [0.2, 0.25) is 0 Å². The highest BCUT2D eigenvalue weighted by atomic mass is 15.2. The Morgan fingerprint density at radius 2 is 1.17 bits per heavy atom. The van der Waals surface area contributed by atoms with E-state index in [1.54, 1.807) is 0 Å². The fraction of sp³-hybridized carbons (Fsp3) is 0.0204. The molecule has 0 saturated heterocycles. The van der Waals surface area contributed by atoms with E-state index in [0.717, 1.165) is 72.0 Å². The first-order chi connectivity index (χ1) is 26.2. The molecule has 7 aromatic carbocycles. The molecule has 3 aromatic heterocycles. The zero-order chi connectivity index (χ0) is 35.5. The highest BCUT2D eigenvalue weighted by Crippen LogP contribution is 2.39. The lowest BCUT2D eigenvalue weighted by molar-refractivity contribution is 0.973. The molecular weight excluding hydrogens is 645 g/mol. The van der Waals surface area contributed by atoms with Crippen molar-refractivity contribution in [2.75, 3.05) is 0 Å². The minimum atomic E-state index is 0.614. The van der Waals surface area contributed by atoms with Gasteiger partial charge in [-0.25, -0.2) is 9.97 Å². The Hall–Kier alpha value is -7.04. The van der Waals surface area contributed by atoms with Gasteiger partial charge in [-0.3, -0.25) is 4.57 Å². The van der Waals surface area contributed by atoms with Crippen LogP contribution in [-0.4, -0.2) is 19.1 Å². The monoisotopic (exact) mass is 678 g/mol. The van der Waals surface area contributed by atoms with E-state index >= 15 is 0 Å². The van der Waals surface area contributed by atoms with Crippen molar-refractivity contribution < 1.29 is 0 Å². The molecule has 0 N–H and O–H groups in total. The predicted molar refractivity (Wildman–Crippen MR) is 224 cm³/mol. The van der Waals surface area contributed by atoms with Crippen molar-refractivity contribution >= 4 is 66.5 Å². The smallest absolute Gasteiger partial charge is 0.235 e. The van der Waals surface area contributed by atoms with E-state index in [1.165, 1.54) is 21.7 Å². The van der Waals surface area contributed by atoms with Crippen LogP contribution in [0.25, 0.3) is 101 Å². The SMILES string of the molecule is C=Cc1c(/C=C\C)n(-c2nc(-c3ccc4c5ccccc5n(-c5ccccc5)c4c3)c3ccc(-c4ccccc4)cc3n2)c2cc3ccccc3cc12. The number of rotatable bonds is 6. The number of hydrogen-bond acceptors (Lipinski definition) is 2. The first-order valence-electron chi connectivity index (χ1n) is 18.0. The number of fused-ring (bicyclic) bond motifs is 6. The van der Waals surface area contributed by atoms with Gasteiger partial charge in [0.05, 0.1) is 33.5 Å². The van der Waals surface area contributed by atoms with Crippen molar-refractivity contribution in [1.29, 1.82) is 0 Å². The molecule has 0 aliphatic heterocycles. The molecule has 4 heteroatoms. The Morgan fingerprint density at radius 3 is 1.96 bits per heavy atom. The molecule has 0 amide bonds. The summed E-state index contributed by atoms with van der Waals surface area (Å²) in [7, 11) is 0. The van der Waals surface area contributed by atoms with Gasteiger partial charge in [-0.1, -0.05) is 128 Å². The van der Waals surface area contributed by atoms with Gasteiger partial charge in [-0.2, -0.15) is 0 Å². The van der Waals surface area contributed by atoms with E-state index < -0.39 is 0 Å². The Labute approximate surface area is 307 Å². The fourth-order valence-electron chi connectivity index (χ4n) is 7.99. The zero-order valence-electron chi connectivity index (χ0n) is 29.2. The highest BCUT2D eigenvalue weighted by molar-refractivity contribution is 6.11. The number of aromatic nitrogens is 4. The van der Waals surface area contributed by atoms with Crippen LogP contribution in [0.1, 0.15) is 18.2 Å². The molecule has 0 atom stereocenters. The lowest BCUT2D eigenvalue weighted by atomic mass is 10.0. The molecule has 10 rings (SSSR count). The maximum absolute atomic E-state index is 5.50. The second kappa shape index (κ2) is 12.3. The van der Waals surface area contributed by atoms with Gasteiger partial charge in [0.2, 0.25) is 5.95 Å². The second-order valence-corrected chi connectivity index (χ2v) is 13.4. The van der Waals surface area contributed by atoms with Gasteiger partial charge in [-0.15, -0.1) is 0 Å². The Morgan fingerprint density at radius 1 is 0.509 bits per heavy atom. The summed E-state index contributed by atoms with van der Waals surface area (Å²) in [5.41, 5.74) is 11.6. The average molecular weight is 679 g/mol. The number of para-hydroxylation sites is 2. The Bertz CT molecular complexity index is 3070. The van der Waals surface area contributed by atoms with E-state index in [-0.39, 0.29) is 0 Å². The van der Waals surface area contributed by atoms with Crippen molar-refractivity contribution in [2.24, 2.45) is 0 Å². The summed E-state index contributed by atoms with van der Waals surface area (Å²) in [5.74, 6) is 0.614. The van der Waals surface area contributed by atoms with Crippen LogP contribution in [0.4, 0.5) is 0 Å². The molecule has 0 radical (unpaired) electrons. The van der Waals surface area contributed by atoms with E-state index in [1.807, 2.05) is 13.0 Å². The molecule has 3 heterocycles. The van der Waals surface area contributed by atoms with Crippen LogP contribution < -0.4 is 0 Å². The predicted octanol–water partition coefficient (Wildman–Crippen LogP) is 12.8. The molecule has 0 bridgehead atoms. The quantitative estimate of drug-likeness (QED) is 0.175. The summed E-state index contributed by atoms with van der Waals surface area (Å²) in [6.45, 7) is 6.31. The topological polar surface area (TPSA) is 35.6 Å². The number of benzene rings is 7. The normalized spacial score (nSPS) is 11.9. The minimum absolute atomic E-state index is 0.614. The number of hydrogen-bond donors (Lipinski definition) is 0. The van der Waals surface area contributed by atoms with Crippen LogP contribution in [0.15, 0.2) is 170 Å². The third kappa shape index (κ3) is 4.91. The van der Waals surface area contributed by atoms with E-state index in [9.17, 15) is 0 Å². The third-order valence-electron chi connectivity index (χ3n) is 10.4. The Kier molecular flexibility index (Phi) is 7.15. The van der Waals surface area contributed by atoms with Crippen LogP contribution in [0.3, 0.4) is 0 Å². The molecule has 10 aromatic rings. The lowest BCUT2D eigenvalue weighted by Gasteiger charge is -2.14. The van der Waals surface area contributed by atoms with E-state index in [2.05, 4.69) is 186 Å². The molecule has 0 spiro atoms. The average Bonchev–Trinajstić information content (AvgIpc) is 3.71. The summed E-state index contributed by atoms with van der Waals surface area (Å²) < 4.78 is 4.56. The molecule has 0 fully saturated rings. The molecule has 0 saturated carbocycles. The van der Waals surface area contributed by atoms with Crippen LogP contribution in [-0.2, 0) is 0 Å². The van der Waals surface area contributed by atoms with Gasteiger partial charge in [0.25, 0.3) is 0 Å². The molecule has 4 nitrogen and oxygen atoms in total. The van der Waals surface area contributed by atoms with Crippen molar-refractivity contribution in [1.82, 2.24) is 19.1 Å². The molecule has 0 aliphatic rings. The molecular formula is C49H34N4. The Balaban J connectivity index is 1.30. The summed E-state index contributed by atoms with van der Waals surface area (Å²) >= 11 is 0. The largest absolute Gasteiger partial charge is 0.309 e. The van der Waals surface area contributed by atoms with Crippen molar-refractivity contribution in [3.8, 4) is 34.0 Å². The van der Waals surface area contributed by atoms with Crippen LogP contribution in [0.5, 0.6) is 0 Å².